The first kappa shape index (κ1) is 36.7. The van der Waals surface area contributed by atoms with Gasteiger partial charge in [-0.1, -0.05) is 41.5 Å². The second-order valence-corrected chi connectivity index (χ2v) is 11.1. The van der Waals surface area contributed by atoms with E-state index in [2.05, 4.69) is 41.2 Å². The monoisotopic (exact) mass is 557 g/mol. The molecule has 0 saturated carbocycles. The second-order valence-electron chi connectivity index (χ2n) is 11.1. The van der Waals surface area contributed by atoms with Crippen molar-refractivity contribution >= 4 is 0 Å². The van der Waals surface area contributed by atoms with Gasteiger partial charge in [-0.2, -0.15) is 0 Å². The molecule has 1 N–H and O–H groups in total. The van der Waals surface area contributed by atoms with E-state index in [9.17, 15) is 0 Å². The standard InChI is InChI=1S/C9H18N2.C9H17NO.C8H15NO2.3C2H6/c1-11-6-2-3-8-7-10-5-4-9(8)11;1-10-5-2-3-8-7-11-6-4-9(8)10;1-9-4-2-3-7-8(9)11-6-5-10-7;3*1-2/h8-10H,2-7H2,1H3;8-9H,2-7H2,1H3;7-8H,2-6H2,1H3;3*1-2H3. The van der Waals surface area contributed by atoms with Crippen LogP contribution in [0.3, 0.4) is 0 Å². The highest BCUT2D eigenvalue weighted by molar-refractivity contribution is 4.87. The van der Waals surface area contributed by atoms with Crippen molar-refractivity contribution in [3.63, 3.8) is 0 Å². The van der Waals surface area contributed by atoms with Crippen molar-refractivity contribution in [2.24, 2.45) is 11.8 Å². The number of nitrogens with one attached hydrogen (secondary N) is 1. The van der Waals surface area contributed by atoms with Crippen LogP contribution in [0, 0.1) is 11.8 Å². The number of hydrogen-bond donors (Lipinski definition) is 1. The molecule has 6 rings (SSSR count). The van der Waals surface area contributed by atoms with Gasteiger partial charge in [0.05, 0.1) is 25.9 Å². The molecule has 0 radical (unpaired) electrons. The Labute approximate surface area is 243 Å². The first-order valence-electron chi connectivity index (χ1n) is 16.8. The van der Waals surface area contributed by atoms with E-state index in [4.69, 9.17) is 14.2 Å². The molecule has 0 aromatic rings. The molecule has 7 nitrogen and oxygen atoms in total. The lowest BCUT2D eigenvalue weighted by atomic mass is 9.85. The van der Waals surface area contributed by atoms with Gasteiger partial charge < -0.3 is 29.3 Å². The fourth-order valence-electron chi connectivity index (χ4n) is 6.83. The van der Waals surface area contributed by atoms with Crippen molar-refractivity contribution in [3.8, 4) is 0 Å². The largest absolute Gasteiger partial charge is 0.381 e. The van der Waals surface area contributed by atoms with Gasteiger partial charge in [0.15, 0.2) is 0 Å². The maximum atomic E-state index is 5.60. The summed E-state index contributed by atoms with van der Waals surface area (Å²) in [5.74, 6) is 1.78. The fraction of sp³-hybridized carbons (Fsp3) is 1.00. The van der Waals surface area contributed by atoms with Gasteiger partial charge >= 0.3 is 0 Å². The van der Waals surface area contributed by atoms with Gasteiger partial charge in [0.2, 0.25) is 0 Å². The average molecular weight is 557 g/mol. The molecule has 0 aromatic carbocycles. The van der Waals surface area contributed by atoms with Crippen LogP contribution in [0.1, 0.15) is 92.9 Å². The van der Waals surface area contributed by atoms with Crippen LogP contribution in [-0.4, -0.2) is 119 Å². The first-order valence-corrected chi connectivity index (χ1v) is 16.8. The molecule has 0 amide bonds. The topological polar surface area (TPSA) is 49.4 Å². The van der Waals surface area contributed by atoms with Gasteiger partial charge in [-0.15, -0.1) is 0 Å². The second kappa shape index (κ2) is 22.3. The summed E-state index contributed by atoms with van der Waals surface area (Å²) in [6.07, 6.45) is 11.2. The minimum atomic E-state index is 0.234. The van der Waals surface area contributed by atoms with E-state index >= 15 is 0 Å². The SMILES string of the molecule is CC.CC.CC.CN1CCCC2CNCCC21.CN1CCCC2COCCC21.CN1CCCC2OCCOC21. The lowest BCUT2D eigenvalue weighted by Gasteiger charge is -2.42. The molecule has 6 saturated heterocycles. The third kappa shape index (κ3) is 12.2. The molecule has 39 heavy (non-hydrogen) atoms. The zero-order chi connectivity index (χ0) is 29.0. The molecule has 0 aromatic heterocycles. The Hall–Kier alpha value is -0.280. The van der Waals surface area contributed by atoms with E-state index in [1.54, 1.807) is 0 Å². The zero-order valence-corrected chi connectivity index (χ0v) is 27.6. The van der Waals surface area contributed by atoms with Crippen LogP contribution in [-0.2, 0) is 14.2 Å². The highest BCUT2D eigenvalue weighted by Gasteiger charge is 2.33. The van der Waals surface area contributed by atoms with Crippen molar-refractivity contribution in [2.45, 2.75) is 117 Å². The molecular weight excluding hydrogens is 488 g/mol. The Kier molecular flexibility index (Phi) is 21.0. The quantitative estimate of drug-likeness (QED) is 0.432. The molecular formula is C32H68N4O3. The molecule has 6 unspecified atom stereocenters. The minimum absolute atomic E-state index is 0.234. The number of rotatable bonds is 0. The average Bonchev–Trinajstić information content (AvgIpc) is 3.02. The number of likely N-dealkylation sites (N-methyl/N-ethyl adjacent to an activating group) is 1. The first-order chi connectivity index (χ1) is 19.1. The lowest BCUT2D eigenvalue weighted by molar-refractivity contribution is -0.206. The molecule has 0 aliphatic carbocycles. The number of hydrogen-bond acceptors (Lipinski definition) is 7. The highest BCUT2D eigenvalue weighted by atomic mass is 16.6. The number of fused-ring (bicyclic) bond motifs is 3. The number of piperidine rings is 4. The molecule has 6 aliphatic rings. The minimum Gasteiger partial charge on any atom is -0.381 e. The van der Waals surface area contributed by atoms with Crippen LogP contribution in [0.4, 0.5) is 0 Å². The molecule has 0 spiro atoms. The van der Waals surface area contributed by atoms with Gasteiger partial charge in [0.1, 0.15) is 6.23 Å². The van der Waals surface area contributed by atoms with Crippen LogP contribution in [0.2, 0.25) is 0 Å². The van der Waals surface area contributed by atoms with Crippen LogP contribution in [0.15, 0.2) is 0 Å². The summed E-state index contributed by atoms with van der Waals surface area (Å²) in [5.41, 5.74) is 0. The third-order valence-corrected chi connectivity index (χ3v) is 8.76. The number of nitrogens with zero attached hydrogens (tertiary/aromatic N) is 3. The maximum Gasteiger partial charge on any atom is 0.136 e. The van der Waals surface area contributed by atoms with Crippen molar-refractivity contribution in [1.29, 1.82) is 0 Å². The predicted octanol–water partition coefficient (Wildman–Crippen LogP) is 5.34. The Morgan fingerprint density at radius 3 is 1.77 bits per heavy atom. The Bertz CT molecular complexity index is 487. The van der Waals surface area contributed by atoms with Crippen LogP contribution in [0.5, 0.6) is 0 Å². The van der Waals surface area contributed by atoms with Crippen molar-refractivity contribution in [3.05, 3.63) is 0 Å². The Morgan fingerprint density at radius 2 is 1.15 bits per heavy atom. The fourth-order valence-corrected chi connectivity index (χ4v) is 6.83. The van der Waals surface area contributed by atoms with Crippen LogP contribution >= 0.6 is 0 Å². The van der Waals surface area contributed by atoms with E-state index in [0.717, 1.165) is 63.3 Å². The van der Waals surface area contributed by atoms with Crippen molar-refractivity contribution < 1.29 is 14.2 Å². The van der Waals surface area contributed by atoms with E-state index in [0.29, 0.717) is 6.10 Å². The Balaban J connectivity index is 0.000000267. The maximum absolute atomic E-state index is 5.60. The van der Waals surface area contributed by atoms with Gasteiger partial charge in [-0.05, 0) is 111 Å². The lowest BCUT2D eigenvalue weighted by Crippen LogP contribution is -2.52. The van der Waals surface area contributed by atoms with E-state index in [-0.39, 0.29) is 6.23 Å². The van der Waals surface area contributed by atoms with Gasteiger partial charge in [-0.25, -0.2) is 0 Å². The molecule has 6 atom stereocenters. The molecule has 0 bridgehead atoms. The smallest absolute Gasteiger partial charge is 0.136 e. The van der Waals surface area contributed by atoms with Gasteiger partial charge in [0, 0.05) is 25.2 Å². The van der Waals surface area contributed by atoms with E-state index in [1.165, 1.54) is 71.1 Å². The molecule has 6 aliphatic heterocycles. The highest BCUT2D eigenvalue weighted by Crippen LogP contribution is 2.28. The normalized spacial score (nSPS) is 34.4. The zero-order valence-electron chi connectivity index (χ0n) is 27.6. The summed E-state index contributed by atoms with van der Waals surface area (Å²) in [5, 5.41) is 3.48. The van der Waals surface area contributed by atoms with Crippen LogP contribution in [0.25, 0.3) is 0 Å². The Morgan fingerprint density at radius 1 is 0.590 bits per heavy atom. The molecule has 234 valence electrons. The third-order valence-electron chi connectivity index (χ3n) is 8.76. The van der Waals surface area contributed by atoms with E-state index < -0.39 is 0 Å². The van der Waals surface area contributed by atoms with Crippen molar-refractivity contribution in [2.75, 3.05) is 80.3 Å². The van der Waals surface area contributed by atoms with Crippen LogP contribution < -0.4 is 5.32 Å². The predicted molar refractivity (Wildman–Crippen MR) is 167 cm³/mol. The van der Waals surface area contributed by atoms with E-state index in [1.807, 2.05) is 41.5 Å². The van der Waals surface area contributed by atoms with Gasteiger partial charge in [0.25, 0.3) is 0 Å². The summed E-state index contributed by atoms with van der Waals surface area (Å²) in [4.78, 5) is 7.30. The summed E-state index contributed by atoms with van der Waals surface area (Å²) < 4.78 is 16.6. The summed E-state index contributed by atoms with van der Waals surface area (Å²) in [6, 6.07) is 1.72. The molecule has 6 heterocycles. The summed E-state index contributed by atoms with van der Waals surface area (Å²) in [6.45, 7) is 21.8. The molecule has 6 fully saturated rings. The van der Waals surface area contributed by atoms with Crippen molar-refractivity contribution in [1.82, 2.24) is 20.0 Å². The number of ether oxygens (including phenoxy) is 3. The van der Waals surface area contributed by atoms with Gasteiger partial charge in [-0.3, -0.25) is 4.90 Å². The molecule has 7 heteroatoms. The summed E-state index contributed by atoms with van der Waals surface area (Å²) in [7, 11) is 6.63. The number of likely N-dealkylation sites (tertiary alicyclic amines) is 3. The summed E-state index contributed by atoms with van der Waals surface area (Å²) >= 11 is 0.